The Balaban J connectivity index is 1.38. The first-order valence-corrected chi connectivity index (χ1v) is 12.2. The monoisotopic (exact) mass is 467 g/mol. The fourth-order valence-electron chi connectivity index (χ4n) is 4.25. The van der Waals surface area contributed by atoms with E-state index in [0.717, 1.165) is 11.1 Å². The number of aromatic nitrogens is 2. The third-order valence-electron chi connectivity index (χ3n) is 6.03. The van der Waals surface area contributed by atoms with Gasteiger partial charge in [-0.05, 0) is 23.3 Å². The highest BCUT2D eigenvalue weighted by molar-refractivity contribution is 7.89. The zero-order valence-electron chi connectivity index (χ0n) is 18.2. The molecule has 3 aromatic rings. The van der Waals surface area contributed by atoms with E-state index in [1.165, 1.54) is 21.4 Å². The SMILES string of the molecule is Cn1cc(S(=O)(=O)N2CCN3CC(=O)Nc4cc(-c5ccccc5)ccc4OC[C@@H]3C2)cn1. The summed E-state index contributed by atoms with van der Waals surface area (Å²) in [5, 5.41) is 6.95. The van der Waals surface area contributed by atoms with Crippen LogP contribution in [0, 0.1) is 0 Å². The molecule has 33 heavy (non-hydrogen) atoms. The number of nitrogens with zero attached hydrogens (tertiary/aromatic N) is 4. The van der Waals surface area contributed by atoms with E-state index in [1.807, 2.05) is 53.4 Å². The van der Waals surface area contributed by atoms with Crippen LogP contribution in [0.2, 0.25) is 0 Å². The van der Waals surface area contributed by atoms with Crippen LogP contribution >= 0.6 is 0 Å². The number of hydrogen-bond acceptors (Lipinski definition) is 6. The van der Waals surface area contributed by atoms with Crippen molar-refractivity contribution in [3.8, 4) is 16.9 Å². The summed E-state index contributed by atoms with van der Waals surface area (Å²) in [6.07, 6.45) is 2.85. The van der Waals surface area contributed by atoms with Crippen LogP contribution in [0.15, 0.2) is 65.8 Å². The van der Waals surface area contributed by atoms with Gasteiger partial charge in [0.2, 0.25) is 15.9 Å². The van der Waals surface area contributed by atoms with Gasteiger partial charge in [0.15, 0.2) is 0 Å². The standard InChI is InChI=1S/C23H25N5O4S/c1-26-14-20(12-24-26)33(30,31)28-10-9-27-15-23(29)25-21-11-18(17-5-3-2-4-6-17)7-8-22(21)32-16-19(27)13-28/h2-8,11-12,14,19H,9-10,13,15-16H2,1H3,(H,25,29)/t19-/m0/s1. The average molecular weight is 468 g/mol. The van der Waals surface area contributed by atoms with Crippen molar-refractivity contribution in [3.05, 3.63) is 60.9 Å². The van der Waals surface area contributed by atoms with E-state index in [2.05, 4.69) is 10.4 Å². The van der Waals surface area contributed by atoms with E-state index in [1.54, 1.807) is 7.05 Å². The second-order valence-electron chi connectivity index (χ2n) is 8.27. The summed E-state index contributed by atoms with van der Waals surface area (Å²) in [6, 6.07) is 15.4. The highest BCUT2D eigenvalue weighted by Gasteiger charge is 2.36. The fourth-order valence-corrected chi connectivity index (χ4v) is 5.71. The van der Waals surface area contributed by atoms with Crippen LogP contribution in [-0.4, -0.2) is 72.1 Å². The number of hydrogen-bond donors (Lipinski definition) is 1. The zero-order chi connectivity index (χ0) is 23.0. The van der Waals surface area contributed by atoms with Gasteiger partial charge in [0.05, 0.1) is 24.5 Å². The molecule has 10 heteroatoms. The molecule has 0 unspecified atom stereocenters. The zero-order valence-corrected chi connectivity index (χ0v) is 19.0. The number of aryl methyl sites for hydroxylation is 1. The maximum atomic E-state index is 13.1. The Morgan fingerprint density at radius 3 is 2.67 bits per heavy atom. The van der Waals surface area contributed by atoms with Crippen LogP contribution in [0.4, 0.5) is 5.69 Å². The van der Waals surface area contributed by atoms with Crippen LogP contribution in [-0.2, 0) is 21.9 Å². The Bertz CT molecular complexity index is 1280. The molecule has 172 valence electrons. The van der Waals surface area contributed by atoms with Gasteiger partial charge in [0, 0.05) is 32.9 Å². The van der Waals surface area contributed by atoms with Crippen molar-refractivity contribution >= 4 is 21.6 Å². The molecular weight excluding hydrogens is 442 g/mol. The van der Waals surface area contributed by atoms with Crippen molar-refractivity contribution in [1.82, 2.24) is 19.0 Å². The van der Waals surface area contributed by atoms with Crippen LogP contribution in [0.3, 0.4) is 0 Å². The number of carbonyl (C=O) groups is 1. The minimum Gasteiger partial charge on any atom is -0.490 e. The number of rotatable bonds is 3. The molecule has 1 fully saturated rings. The van der Waals surface area contributed by atoms with Crippen LogP contribution in [0.25, 0.3) is 11.1 Å². The third-order valence-corrected chi connectivity index (χ3v) is 7.84. The van der Waals surface area contributed by atoms with Crippen LogP contribution < -0.4 is 10.1 Å². The normalized spacial score (nSPS) is 19.9. The molecule has 3 heterocycles. The molecule has 1 aromatic heterocycles. The Morgan fingerprint density at radius 2 is 1.91 bits per heavy atom. The first-order chi connectivity index (χ1) is 15.9. The van der Waals surface area contributed by atoms with Crippen molar-refractivity contribution in [2.45, 2.75) is 10.9 Å². The molecule has 0 bridgehead atoms. The number of anilines is 1. The average Bonchev–Trinajstić information content (AvgIpc) is 3.28. The molecule has 0 radical (unpaired) electrons. The lowest BCUT2D eigenvalue weighted by atomic mass is 10.0. The number of fused-ring (bicyclic) bond motifs is 2. The van der Waals surface area contributed by atoms with Gasteiger partial charge in [-0.2, -0.15) is 9.40 Å². The number of benzene rings is 2. The van der Waals surface area contributed by atoms with E-state index in [-0.39, 0.29) is 36.5 Å². The first kappa shape index (κ1) is 21.6. The van der Waals surface area contributed by atoms with E-state index in [9.17, 15) is 13.2 Å². The summed E-state index contributed by atoms with van der Waals surface area (Å²) in [5.74, 6) is 0.414. The molecule has 2 aliphatic heterocycles. The molecule has 1 atom stereocenters. The summed E-state index contributed by atoms with van der Waals surface area (Å²) in [7, 11) is -1.98. The number of sulfonamides is 1. The largest absolute Gasteiger partial charge is 0.490 e. The van der Waals surface area contributed by atoms with Crippen molar-refractivity contribution in [3.63, 3.8) is 0 Å². The van der Waals surface area contributed by atoms with Gasteiger partial charge >= 0.3 is 0 Å². The van der Waals surface area contributed by atoms with Crippen LogP contribution in [0.5, 0.6) is 5.75 Å². The molecule has 1 amide bonds. The van der Waals surface area contributed by atoms with Gasteiger partial charge < -0.3 is 10.1 Å². The molecule has 2 aromatic carbocycles. The quantitative estimate of drug-likeness (QED) is 0.631. The van der Waals surface area contributed by atoms with Crippen molar-refractivity contribution in [1.29, 1.82) is 0 Å². The maximum Gasteiger partial charge on any atom is 0.246 e. The molecule has 0 spiro atoms. The number of piperazine rings is 1. The lowest BCUT2D eigenvalue weighted by molar-refractivity contribution is -0.118. The second-order valence-corrected chi connectivity index (χ2v) is 10.2. The number of ether oxygens (including phenoxy) is 1. The number of amides is 1. The topological polar surface area (TPSA) is 96.8 Å². The smallest absolute Gasteiger partial charge is 0.246 e. The van der Waals surface area contributed by atoms with E-state index in [0.29, 0.717) is 24.5 Å². The summed E-state index contributed by atoms with van der Waals surface area (Å²) >= 11 is 0. The predicted molar refractivity (Wildman–Crippen MR) is 123 cm³/mol. The maximum absolute atomic E-state index is 13.1. The van der Waals surface area contributed by atoms with Gasteiger partial charge in [-0.3, -0.25) is 14.4 Å². The highest BCUT2D eigenvalue weighted by Crippen LogP contribution is 2.32. The molecule has 0 saturated carbocycles. The van der Waals surface area contributed by atoms with E-state index >= 15 is 0 Å². The van der Waals surface area contributed by atoms with Gasteiger partial charge in [-0.1, -0.05) is 36.4 Å². The minimum absolute atomic E-state index is 0.152. The number of carbonyl (C=O) groups excluding carboxylic acids is 1. The molecule has 1 saturated heterocycles. The van der Waals surface area contributed by atoms with Crippen LogP contribution in [0.1, 0.15) is 0 Å². The Morgan fingerprint density at radius 1 is 1.09 bits per heavy atom. The van der Waals surface area contributed by atoms with E-state index in [4.69, 9.17) is 4.74 Å². The molecule has 5 rings (SSSR count). The third kappa shape index (κ3) is 4.37. The summed E-state index contributed by atoms with van der Waals surface area (Å²) < 4.78 is 35.1. The summed E-state index contributed by atoms with van der Waals surface area (Å²) in [5.41, 5.74) is 2.63. The number of nitrogens with one attached hydrogen (secondary N) is 1. The van der Waals surface area contributed by atoms with Gasteiger partial charge in [-0.25, -0.2) is 8.42 Å². The molecule has 9 nitrogen and oxygen atoms in total. The Hall–Kier alpha value is -3.21. The first-order valence-electron chi connectivity index (χ1n) is 10.7. The van der Waals surface area contributed by atoms with Crippen molar-refractivity contribution in [2.24, 2.45) is 7.05 Å². The summed E-state index contributed by atoms with van der Waals surface area (Å²) in [6.45, 7) is 1.41. The fraction of sp³-hybridized carbons (Fsp3) is 0.304. The lowest BCUT2D eigenvalue weighted by Crippen LogP contribution is -2.57. The van der Waals surface area contributed by atoms with Gasteiger partial charge in [0.1, 0.15) is 17.3 Å². The predicted octanol–water partition coefficient (Wildman–Crippen LogP) is 1.79. The van der Waals surface area contributed by atoms with E-state index < -0.39 is 10.0 Å². The Kier molecular flexibility index (Phi) is 5.65. The molecular formula is C23H25N5O4S. The highest BCUT2D eigenvalue weighted by atomic mass is 32.2. The summed E-state index contributed by atoms with van der Waals surface area (Å²) in [4.78, 5) is 15.0. The minimum atomic E-state index is -3.66. The Labute approximate surface area is 192 Å². The van der Waals surface area contributed by atoms with Gasteiger partial charge in [0.25, 0.3) is 0 Å². The van der Waals surface area contributed by atoms with Crippen molar-refractivity contribution < 1.29 is 17.9 Å². The lowest BCUT2D eigenvalue weighted by Gasteiger charge is -2.39. The second kappa shape index (κ2) is 8.62. The molecule has 0 aliphatic carbocycles. The van der Waals surface area contributed by atoms with Crippen molar-refractivity contribution in [2.75, 3.05) is 38.1 Å². The van der Waals surface area contributed by atoms with Gasteiger partial charge in [-0.15, -0.1) is 0 Å². The molecule has 1 N–H and O–H groups in total. The molecule has 2 aliphatic rings.